The van der Waals surface area contributed by atoms with Crippen LogP contribution in [0.1, 0.15) is 33.5 Å². The third-order valence-corrected chi connectivity index (χ3v) is 7.18. The van der Waals surface area contributed by atoms with Crippen molar-refractivity contribution in [3.8, 4) is 11.1 Å². The molecule has 0 unspecified atom stereocenters. The van der Waals surface area contributed by atoms with E-state index < -0.39 is 48.5 Å². The van der Waals surface area contributed by atoms with Gasteiger partial charge in [0.15, 0.2) is 5.67 Å². The molecule has 10 heteroatoms. The summed E-state index contributed by atoms with van der Waals surface area (Å²) >= 11 is 0. The molecule has 1 heterocycles. The highest BCUT2D eigenvalue weighted by Gasteiger charge is 2.50. The van der Waals surface area contributed by atoms with Gasteiger partial charge < -0.3 is 19.7 Å². The van der Waals surface area contributed by atoms with Crippen molar-refractivity contribution >= 4 is 17.8 Å². The number of carbonyl (C=O) groups is 3. The van der Waals surface area contributed by atoms with E-state index in [1.807, 2.05) is 6.07 Å². The number of hydrogen-bond acceptors (Lipinski definition) is 5. The molecule has 40 heavy (non-hydrogen) atoms. The summed E-state index contributed by atoms with van der Waals surface area (Å²) in [7, 11) is 1.31. The zero-order chi connectivity index (χ0) is 28.5. The van der Waals surface area contributed by atoms with Crippen LogP contribution in [0.15, 0.2) is 72.8 Å². The van der Waals surface area contributed by atoms with E-state index in [2.05, 4.69) is 5.32 Å². The van der Waals surface area contributed by atoms with Crippen molar-refractivity contribution in [3.63, 3.8) is 0 Å². The molecule has 7 nitrogen and oxygen atoms in total. The molecule has 1 saturated heterocycles. The monoisotopic (exact) mass is 552 g/mol. The number of methoxy groups -OCH3 is 1. The van der Waals surface area contributed by atoms with E-state index in [9.17, 15) is 14.4 Å². The second kappa shape index (κ2) is 10.8. The number of nitrogens with zero attached hydrogens (tertiary/aromatic N) is 1. The Morgan fingerprint density at radius 3 is 2.40 bits per heavy atom. The average Bonchev–Trinajstić information content (AvgIpc) is 3.42. The molecule has 1 fully saturated rings. The standard InChI is InChI=1S/C30H27F3N2O5/c1-39-18-29(31)14-25(28(38)40-16-19-7-3-2-4-8-19)35(17-29)26(36)15-34-27(37)20-11-12-22-21-9-5-6-10-23(21)30(32,33)24(22)13-20/h2-13,25H,14-18H2,1H3,(H,34,37)/t25-,29+/m0/s1. The predicted molar refractivity (Wildman–Crippen MR) is 139 cm³/mol. The maximum atomic E-state index is 15.4. The van der Waals surface area contributed by atoms with Crippen molar-refractivity contribution in [3.05, 3.63) is 95.1 Å². The Kier molecular flexibility index (Phi) is 7.37. The molecular formula is C30H27F3N2O5. The van der Waals surface area contributed by atoms with Crippen LogP contribution < -0.4 is 5.32 Å². The van der Waals surface area contributed by atoms with Gasteiger partial charge in [-0.2, -0.15) is 8.78 Å². The van der Waals surface area contributed by atoms with Gasteiger partial charge in [0.2, 0.25) is 5.91 Å². The van der Waals surface area contributed by atoms with Gasteiger partial charge in [-0.05, 0) is 28.8 Å². The van der Waals surface area contributed by atoms with Gasteiger partial charge in [-0.15, -0.1) is 0 Å². The van der Waals surface area contributed by atoms with Gasteiger partial charge in [0.1, 0.15) is 12.6 Å². The van der Waals surface area contributed by atoms with Crippen molar-refractivity contribution in [1.29, 1.82) is 0 Å². The smallest absolute Gasteiger partial charge is 0.329 e. The lowest BCUT2D eigenvalue weighted by atomic mass is 10.0. The first-order valence-corrected chi connectivity index (χ1v) is 12.7. The molecule has 2 aliphatic rings. The molecule has 0 saturated carbocycles. The van der Waals surface area contributed by atoms with E-state index in [4.69, 9.17) is 9.47 Å². The highest BCUT2D eigenvalue weighted by Crippen LogP contribution is 2.50. The van der Waals surface area contributed by atoms with Crippen LogP contribution in [0.4, 0.5) is 13.2 Å². The van der Waals surface area contributed by atoms with Crippen LogP contribution in [0.5, 0.6) is 0 Å². The van der Waals surface area contributed by atoms with Gasteiger partial charge in [0, 0.05) is 30.2 Å². The lowest BCUT2D eigenvalue weighted by Gasteiger charge is -2.23. The molecule has 0 radical (unpaired) electrons. The van der Waals surface area contributed by atoms with Crippen LogP contribution in [0.2, 0.25) is 0 Å². The molecule has 5 rings (SSSR count). The lowest BCUT2D eigenvalue weighted by molar-refractivity contribution is -0.154. The zero-order valence-corrected chi connectivity index (χ0v) is 21.7. The zero-order valence-electron chi connectivity index (χ0n) is 21.7. The number of hydrogen-bond donors (Lipinski definition) is 1. The van der Waals surface area contributed by atoms with E-state index in [0.29, 0.717) is 11.1 Å². The van der Waals surface area contributed by atoms with Crippen LogP contribution in [0.3, 0.4) is 0 Å². The number of fused-ring (bicyclic) bond motifs is 3. The second-order valence-electron chi connectivity index (χ2n) is 9.98. The Hall–Kier alpha value is -4.18. The van der Waals surface area contributed by atoms with E-state index in [0.717, 1.165) is 16.5 Å². The topological polar surface area (TPSA) is 84.9 Å². The highest BCUT2D eigenvalue weighted by molar-refractivity contribution is 5.98. The predicted octanol–water partition coefficient (Wildman–Crippen LogP) is 4.24. The number of esters is 1. The summed E-state index contributed by atoms with van der Waals surface area (Å²) in [6.45, 7) is -1.38. The quantitative estimate of drug-likeness (QED) is 0.423. The fourth-order valence-corrected chi connectivity index (χ4v) is 5.27. The average molecular weight is 553 g/mol. The number of ether oxygens (including phenoxy) is 2. The van der Waals surface area contributed by atoms with Crippen molar-refractivity contribution in [2.24, 2.45) is 0 Å². The number of carbonyl (C=O) groups excluding carboxylic acids is 3. The van der Waals surface area contributed by atoms with Gasteiger partial charge in [-0.3, -0.25) is 9.59 Å². The molecule has 1 aliphatic carbocycles. The largest absolute Gasteiger partial charge is 0.459 e. The molecule has 0 spiro atoms. The van der Waals surface area contributed by atoms with Gasteiger partial charge in [0.25, 0.3) is 11.8 Å². The number of alkyl halides is 3. The van der Waals surface area contributed by atoms with Gasteiger partial charge in [0.05, 0.1) is 19.7 Å². The van der Waals surface area contributed by atoms with Crippen molar-refractivity contribution in [2.45, 2.75) is 30.7 Å². The first kappa shape index (κ1) is 27.4. The molecule has 3 aromatic rings. The summed E-state index contributed by atoms with van der Waals surface area (Å²) in [6.07, 6.45) is -0.325. The highest BCUT2D eigenvalue weighted by atomic mass is 19.3. The Morgan fingerprint density at radius 2 is 1.65 bits per heavy atom. The molecule has 1 aliphatic heterocycles. The van der Waals surface area contributed by atoms with Gasteiger partial charge in [-0.1, -0.05) is 60.7 Å². The first-order valence-electron chi connectivity index (χ1n) is 12.7. The summed E-state index contributed by atoms with van der Waals surface area (Å²) in [5.74, 6) is -5.52. The number of nitrogens with one attached hydrogen (secondary N) is 1. The van der Waals surface area contributed by atoms with E-state index >= 15 is 13.2 Å². The second-order valence-corrected chi connectivity index (χ2v) is 9.98. The fraction of sp³-hybridized carbons (Fsp3) is 0.300. The molecule has 0 aromatic heterocycles. The Bertz CT molecular complexity index is 1450. The summed E-state index contributed by atoms with van der Waals surface area (Å²) in [5.41, 5.74) is -1.01. The van der Waals surface area contributed by atoms with Gasteiger partial charge in [-0.25, -0.2) is 9.18 Å². The summed E-state index contributed by atoms with van der Waals surface area (Å²) < 4.78 is 55.8. The Balaban J connectivity index is 1.27. The lowest BCUT2D eigenvalue weighted by Crippen LogP contribution is -2.46. The minimum absolute atomic E-state index is 0.0503. The molecule has 1 N–H and O–H groups in total. The summed E-state index contributed by atoms with van der Waals surface area (Å²) in [6, 6.07) is 17.8. The van der Waals surface area contributed by atoms with E-state index in [1.54, 1.807) is 36.4 Å². The SMILES string of the molecule is COC[C@@]1(F)C[C@@H](C(=O)OCc2ccccc2)N(C(=O)CNC(=O)c2ccc3c(c2)C(F)(F)c2ccccc2-3)C1. The maximum Gasteiger partial charge on any atom is 0.329 e. The Morgan fingerprint density at radius 1 is 0.950 bits per heavy atom. The third-order valence-electron chi connectivity index (χ3n) is 7.18. The van der Waals surface area contributed by atoms with Crippen LogP contribution in [0.25, 0.3) is 11.1 Å². The van der Waals surface area contributed by atoms with Crippen molar-refractivity contribution < 1.29 is 37.0 Å². The number of likely N-dealkylation sites (tertiary alicyclic amines) is 1. The number of rotatable bonds is 8. The summed E-state index contributed by atoms with van der Waals surface area (Å²) in [4.78, 5) is 39.8. The van der Waals surface area contributed by atoms with Crippen molar-refractivity contribution in [2.75, 3.05) is 26.8 Å². The molecule has 2 atom stereocenters. The van der Waals surface area contributed by atoms with Crippen LogP contribution in [-0.2, 0) is 31.6 Å². The van der Waals surface area contributed by atoms with E-state index in [-0.39, 0.29) is 36.3 Å². The van der Waals surface area contributed by atoms with Crippen molar-refractivity contribution in [1.82, 2.24) is 10.2 Å². The number of halogens is 3. The van der Waals surface area contributed by atoms with Crippen LogP contribution in [0, 0.1) is 0 Å². The molecular weight excluding hydrogens is 525 g/mol. The first-order chi connectivity index (χ1) is 19.1. The molecule has 2 amide bonds. The molecule has 3 aromatic carbocycles. The number of amides is 2. The fourth-order valence-electron chi connectivity index (χ4n) is 5.27. The minimum Gasteiger partial charge on any atom is -0.459 e. The summed E-state index contributed by atoms with van der Waals surface area (Å²) in [5, 5.41) is 2.41. The van der Waals surface area contributed by atoms with Crippen LogP contribution >= 0.6 is 0 Å². The normalized spacial score (nSPS) is 20.5. The molecule has 0 bridgehead atoms. The van der Waals surface area contributed by atoms with Crippen LogP contribution in [-0.4, -0.2) is 61.2 Å². The third kappa shape index (κ3) is 5.19. The maximum absolute atomic E-state index is 15.4. The Labute approximate surface area is 228 Å². The number of benzene rings is 3. The molecule has 208 valence electrons. The van der Waals surface area contributed by atoms with Gasteiger partial charge >= 0.3 is 5.97 Å². The minimum atomic E-state index is -3.27. The van der Waals surface area contributed by atoms with E-state index in [1.165, 1.54) is 31.4 Å².